The lowest BCUT2D eigenvalue weighted by Crippen LogP contribution is -2.22. The van der Waals surface area contributed by atoms with Crippen LogP contribution in [-0.4, -0.2) is 53.3 Å². The number of amides is 2. The molecule has 0 aliphatic heterocycles. The van der Waals surface area contributed by atoms with Gasteiger partial charge in [0, 0.05) is 57.1 Å². The number of benzene rings is 2. The monoisotopic (exact) mass is 631 g/mol. The second-order valence-electron chi connectivity index (χ2n) is 11.3. The number of rotatable bonds is 12. The molecule has 0 aliphatic rings. The number of imidazole rings is 1. The van der Waals surface area contributed by atoms with E-state index >= 15 is 0 Å². The molecule has 12 heteroatoms. The van der Waals surface area contributed by atoms with Gasteiger partial charge in [-0.15, -0.1) is 0 Å². The molecule has 4 aromatic rings. The third kappa shape index (κ3) is 8.88. The van der Waals surface area contributed by atoms with Gasteiger partial charge in [0.2, 0.25) is 5.91 Å². The molecule has 0 spiro atoms. The zero-order chi connectivity index (χ0) is 31.9. The van der Waals surface area contributed by atoms with Crippen LogP contribution in [0.15, 0.2) is 72.0 Å². The van der Waals surface area contributed by atoms with Gasteiger partial charge in [-0.2, -0.15) is 0 Å². The fourth-order valence-corrected chi connectivity index (χ4v) is 5.68. The second-order valence-corrected chi connectivity index (χ2v) is 17.7. The normalized spacial score (nSPS) is 11.2. The van der Waals surface area contributed by atoms with Crippen LogP contribution < -0.4 is 15.4 Å². The molecule has 0 saturated heterocycles. The van der Waals surface area contributed by atoms with Crippen molar-refractivity contribution in [3.8, 4) is 28.3 Å². The van der Waals surface area contributed by atoms with E-state index in [0.29, 0.717) is 41.8 Å². The number of anilines is 2. The molecule has 0 fully saturated rings. The Kier molecular flexibility index (Phi) is 10.7. The Balaban J connectivity index is 1.72. The van der Waals surface area contributed by atoms with Crippen molar-refractivity contribution in [1.29, 1.82) is 0 Å². The van der Waals surface area contributed by atoms with Crippen molar-refractivity contribution in [1.82, 2.24) is 14.5 Å². The van der Waals surface area contributed by atoms with Crippen LogP contribution in [0.3, 0.4) is 0 Å². The number of esters is 1. The molecular weight excluding hydrogens is 595 g/mol. The van der Waals surface area contributed by atoms with Gasteiger partial charge >= 0.3 is 5.97 Å². The average Bonchev–Trinajstić information content (AvgIpc) is 3.33. The topological polar surface area (TPSA) is 124 Å². The van der Waals surface area contributed by atoms with Crippen LogP contribution in [0.1, 0.15) is 24.2 Å². The highest BCUT2D eigenvalue weighted by atomic mass is 32.2. The maximum Gasteiger partial charge on any atom is 0.308 e. The number of hydrogen-bond donors (Lipinski definition) is 2. The first-order chi connectivity index (χ1) is 20.9. The van der Waals surface area contributed by atoms with E-state index < -0.39 is 14.0 Å². The van der Waals surface area contributed by atoms with E-state index in [9.17, 15) is 14.4 Å². The highest BCUT2D eigenvalue weighted by Crippen LogP contribution is 2.37. The van der Waals surface area contributed by atoms with Gasteiger partial charge in [-0.3, -0.25) is 19.0 Å². The molecule has 0 saturated carbocycles. The molecule has 10 nitrogen and oxygen atoms in total. The zero-order valence-corrected chi connectivity index (χ0v) is 27.6. The lowest BCUT2D eigenvalue weighted by Gasteiger charge is -2.17. The summed E-state index contributed by atoms with van der Waals surface area (Å²) in [7, 11) is -1.28. The minimum Gasteiger partial charge on any atom is -0.427 e. The first-order valence-electron chi connectivity index (χ1n) is 14.1. The molecule has 2 aromatic heterocycles. The molecule has 2 amide bonds. The van der Waals surface area contributed by atoms with Crippen molar-refractivity contribution in [2.24, 2.45) is 0 Å². The van der Waals surface area contributed by atoms with E-state index in [1.165, 1.54) is 31.7 Å². The van der Waals surface area contributed by atoms with Gasteiger partial charge in [0.25, 0.3) is 5.91 Å². The average molecular weight is 632 g/mol. The lowest BCUT2D eigenvalue weighted by molar-refractivity contribution is -0.131. The van der Waals surface area contributed by atoms with Crippen LogP contribution in [-0.2, 0) is 21.1 Å². The Morgan fingerprint density at radius 2 is 1.73 bits per heavy atom. The standard InChI is InChI=1S/C32H37N5O5SSi/c1-21(38)34-28-19-24(13-14-33-28)30-29(36-32(43-3)37(30)20-41-15-16-44(4,5)6)23-9-7-11-26(17-23)35-31(40)25-10-8-12-27(18-25)42-22(2)39/h7-14,17-19H,15-16,20H2,1-6H3,(H,35,40)(H,33,34,38). The predicted molar refractivity (Wildman–Crippen MR) is 177 cm³/mol. The molecule has 0 unspecified atom stereocenters. The van der Waals surface area contributed by atoms with Gasteiger partial charge < -0.3 is 20.1 Å². The maximum atomic E-state index is 13.1. The molecule has 4 rings (SSSR count). The summed E-state index contributed by atoms with van der Waals surface area (Å²) in [6.45, 7) is 10.6. The number of hydrogen-bond acceptors (Lipinski definition) is 8. The van der Waals surface area contributed by atoms with E-state index in [2.05, 4.69) is 35.3 Å². The SMILES string of the molecule is CSc1nc(-c2cccc(NC(=O)c3cccc(OC(C)=O)c3)c2)c(-c2ccnc(NC(C)=O)c2)n1COCC[Si](C)(C)C. The van der Waals surface area contributed by atoms with E-state index in [1.54, 1.807) is 30.5 Å². The summed E-state index contributed by atoms with van der Waals surface area (Å²) < 4.78 is 13.3. The number of carbonyl (C=O) groups excluding carboxylic acids is 3. The maximum absolute atomic E-state index is 13.1. The third-order valence-corrected chi connectivity index (χ3v) is 8.80. The summed E-state index contributed by atoms with van der Waals surface area (Å²) in [6.07, 6.45) is 3.61. The smallest absolute Gasteiger partial charge is 0.308 e. The van der Waals surface area contributed by atoms with Gasteiger partial charge in [0.1, 0.15) is 18.3 Å². The summed E-state index contributed by atoms with van der Waals surface area (Å²) in [4.78, 5) is 45.5. The molecular formula is C32H37N5O5SSi. The number of nitrogens with one attached hydrogen (secondary N) is 2. The molecule has 0 aliphatic carbocycles. The summed E-state index contributed by atoms with van der Waals surface area (Å²) in [5, 5.41) is 6.45. The minimum absolute atomic E-state index is 0.218. The first kappa shape index (κ1) is 32.6. The summed E-state index contributed by atoms with van der Waals surface area (Å²) in [5.74, 6) is -0.311. The van der Waals surface area contributed by atoms with Gasteiger partial charge in [0.15, 0.2) is 5.16 Å². The van der Waals surface area contributed by atoms with Crippen molar-refractivity contribution >= 4 is 49.1 Å². The first-order valence-corrected chi connectivity index (χ1v) is 19.0. The highest BCUT2D eigenvalue weighted by Gasteiger charge is 2.22. The van der Waals surface area contributed by atoms with Crippen LogP contribution in [0.5, 0.6) is 5.75 Å². The van der Waals surface area contributed by atoms with Gasteiger partial charge in [-0.25, -0.2) is 9.97 Å². The Morgan fingerprint density at radius 3 is 2.43 bits per heavy atom. The molecule has 2 N–H and O–H groups in total. The predicted octanol–water partition coefficient (Wildman–Crippen LogP) is 6.78. The minimum atomic E-state index is -1.28. The van der Waals surface area contributed by atoms with Gasteiger partial charge in [-0.1, -0.05) is 49.6 Å². The molecule has 0 bridgehead atoms. The molecule has 0 atom stereocenters. The van der Waals surface area contributed by atoms with Crippen molar-refractivity contribution in [2.75, 3.05) is 23.5 Å². The van der Waals surface area contributed by atoms with E-state index in [0.717, 1.165) is 28.0 Å². The molecule has 44 heavy (non-hydrogen) atoms. The van der Waals surface area contributed by atoms with Crippen LogP contribution >= 0.6 is 11.8 Å². The number of aromatic nitrogens is 3. The van der Waals surface area contributed by atoms with Gasteiger partial charge in [-0.05, 0) is 54.8 Å². The van der Waals surface area contributed by atoms with E-state index in [-0.39, 0.29) is 11.8 Å². The number of ether oxygens (including phenoxy) is 2. The Hall–Kier alpha value is -4.26. The summed E-state index contributed by atoms with van der Waals surface area (Å²) in [6, 6.07) is 18.6. The summed E-state index contributed by atoms with van der Waals surface area (Å²) in [5.41, 5.74) is 3.99. The Morgan fingerprint density at radius 1 is 0.955 bits per heavy atom. The van der Waals surface area contributed by atoms with Crippen molar-refractivity contribution in [2.45, 2.75) is 51.4 Å². The summed E-state index contributed by atoms with van der Waals surface area (Å²) >= 11 is 1.51. The Labute approximate surface area is 262 Å². The number of pyridine rings is 1. The van der Waals surface area contributed by atoms with Crippen LogP contribution in [0.2, 0.25) is 25.7 Å². The molecule has 230 valence electrons. The largest absolute Gasteiger partial charge is 0.427 e. The van der Waals surface area contributed by atoms with E-state index in [1.807, 2.05) is 41.2 Å². The quantitative estimate of drug-likeness (QED) is 0.0576. The highest BCUT2D eigenvalue weighted by molar-refractivity contribution is 7.98. The zero-order valence-electron chi connectivity index (χ0n) is 25.8. The molecule has 0 radical (unpaired) electrons. The molecule has 2 aromatic carbocycles. The van der Waals surface area contributed by atoms with Gasteiger partial charge in [0.05, 0.1) is 11.4 Å². The number of carbonyl (C=O) groups is 3. The fraction of sp³-hybridized carbons (Fsp3) is 0.281. The number of nitrogens with zero attached hydrogens (tertiary/aromatic N) is 3. The van der Waals surface area contributed by atoms with Crippen LogP contribution in [0, 0.1) is 0 Å². The van der Waals surface area contributed by atoms with Crippen molar-refractivity contribution in [3.05, 3.63) is 72.4 Å². The lowest BCUT2D eigenvalue weighted by atomic mass is 10.0. The second kappa shape index (κ2) is 14.5. The Bertz CT molecular complexity index is 1670. The fourth-order valence-electron chi connectivity index (χ4n) is 4.38. The van der Waals surface area contributed by atoms with Crippen molar-refractivity contribution in [3.63, 3.8) is 0 Å². The number of thioether (sulfide) groups is 1. The third-order valence-electron chi connectivity index (χ3n) is 6.42. The van der Waals surface area contributed by atoms with Crippen LogP contribution in [0.4, 0.5) is 11.5 Å². The van der Waals surface area contributed by atoms with E-state index in [4.69, 9.17) is 14.5 Å². The van der Waals surface area contributed by atoms with Crippen molar-refractivity contribution < 1.29 is 23.9 Å². The molecule has 2 heterocycles. The van der Waals surface area contributed by atoms with Crippen LogP contribution in [0.25, 0.3) is 22.5 Å².